The monoisotopic (exact) mass is 301 g/mol. The van der Waals surface area contributed by atoms with E-state index in [0.717, 1.165) is 5.39 Å². The number of para-hydroxylation sites is 2. The molecule has 0 atom stereocenters. The number of ether oxygens (including phenoxy) is 1. The fourth-order valence-electron chi connectivity index (χ4n) is 2.19. The molecule has 1 heterocycles. The molecule has 2 N–H and O–H groups in total. The maximum absolute atomic E-state index is 12.5. The molecule has 1 aromatic heterocycles. The third-order valence-corrected chi connectivity index (χ3v) is 3.55. The van der Waals surface area contributed by atoms with Gasteiger partial charge in [-0.1, -0.05) is 29.8 Å². The Balaban J connectivity index is 2.11. The Hall–Kier alpha value is -2.46. The van der Waals surface area contributed by atoms with Crippen molar-refractivity contribution in [3.05, 3.63) is 58.8 Å². The van der Waals surface area contributed by atoms with Crippen molar-refractivity contribution in [2.75, 3.05) is 12.8 Å². The van der Waals surface area contributed by atoms with Crippen LogP contribution in [0, 0.1) is 0 Å². The van der Waals surface area contributed by atoms with Gasteiger partial charge in [0, 0.05) is 5.39 Å². The Morgan fingerprint density at radius 1 is 1.24 bits per heavy atom. The summed E-state index contributed by atoms with van der Waals surface area (Å²) in [7, 11) is 1.50. The Morgan fingerprint density at radius 3 is 2.71 bits per heavy atom. The summed E-state index contributed by atoms with van der Waals surface area (Å²) >= 11 is 6.05. The van der Waals surface area contributed by atoms with Crippen LogP contribution >= 0.6 is 11.6 Å². The lowest BCUT2D eigenvalue weighted by molar-refractivity contribution is 0.101. The van der Waals surface area contributed by atoms with E-state index in [0.29, 0.717) is 21.9 Å². The van der Waals surface area contributed by atoms with Crippen molar-refractivity contribution in [2.24, 2.45) is 0 Å². The van der Waals surface area contributed by atoms with Gasteiger partial charge in [0.05, 0.1) is 23.4 Å². The van der Waals surface area contributed by atoms with E-state index >= 15 is 0 Å². The van der Waals surface area contributed by atoms with Gasteiger partial charge in [-0.2, -0.15) is 0 Å². The quantitative estimate of drug-likeness (QED) is 0.588. The Labute approximate surface area is 126 Å². The van der Waals surface area contributed by atoms with E-state index < -0.39 is 0 Å². The lowest BCUT2D eigenvalue weighted by Gasteiger charge is -2.07. The predicted molar refractivity (Wildman–Crippen MR) is 82.1 cm³/mol. The number of carbonyl (C=O) groups excluding carboxylic acids is 1. The second-order valence-corrected chi connectivity index (χ2v) is 4.93. The number of fused-ring (bicyclic) bond motifs is 1. The molecule has 0 fully saturated rings. The van der Waals surface area contributed by atoms with Crippen LogP contribution in [0.3, 0.4) is 0 Å². The Morgan fingerprint density at radius 2 is 2.00 bits per heavy atom. The van der Waals surface area contributed by atoms with Crippen molar-refractivity contribution in [3.63, 3.8) is 0 Å². The molecule has 21 heavy (non-hydrogen) atoms. The maximum Gasteiger partial charge on any atom is 0.230 e. The number of carbonyl (C=O) groups is 1. The minimum Gasteiger partial charge on any atom is -0.495 e. The van der Waals surface area contributed by atoms with Gasteiger partial charge in [-0.05, 0) is 24.3 Å². The van der Waals surface area contributed by atoms with E-state index in [9.17, 15) is 4.79 Å². The van der Waals surface area contributed by atoms with Crippen molar-refractivity contribution in [3.8, 4) is 5.75 Å². The molecular formula is C16H12ClNO3. The molecule has 0 spiro atoms. The first-order valence-electron chi connectivity index (χ1n) is 6.27. The summed E-state index contributed by atoms with van der Waals surface area (Å²) in [6.07, 6.45) is 0. The average molecular weight is 302 g/mol. The van der Waals surface area contributed by atoms with Crippen molar-refractivity contribution in [1.29, 1.82) is 0 Å². The minimum absolute atomic E-state index is 0.193. The first-order chi connectivity index (χ1) is 10.1. The van der Waals surface area contributed by atoms with E-state index in [-0.39, 0.29) is 17.2 Å². The number of anilines is 1. The van der Waals surface area contributed by atoms with Crippen LogP contribution in [0.2, 0.25) is 5.02 Å². The van der Waals surface area contributed by atoms with Crippen molar-refractivity contribution in [2.45, 2.75) is 0 Å². The first-order valence-corrected chi connectivity index (χ1v) is 6.65. The molecule has 0 radical (unpaired) electrons. The summed E-state index contributed by atoms with van der Waals surface area (Å²) in [4.78, 5) is 12.5. The number of methoxy groups -OCH3 is 1. The van der Waals surface area contributed by atoms with Gasteiger partial charge in [-0.3, -0.25) is 4.79 Å². The molecule has 0 aliphatic rings. The first kappa shape index (κ1) is 13.5. The molecule has 3 aromatic rings. The highest BCUT2D eigenvalue weighted by Crippen LogP contribution is 2.31. The number of furan rings is 1. The molecule has 0 aliphatic carbocycles. The number of nitrogen functional groups attached to an aromatic ring is 1. The van der Waals surface area contributed by atoms with Crippen LogP contribution in [0.4, 0.5) is 5.69 Å². The van der Waals surface area contributed by atoms with E-state index in [1.54, 1.807) is 36.4 Å². The molecule has 0 saturated heterocycles. The van der Waals surface area contributed by atoms with Crippen LogP contribution in [0.25, 0.3) is 11.0 Å². The summed E-state index contributed by atoms with van der Waals surface area (Å²) in [5, 5.41) is 1.23. The topological polar surface area (TPSA) is 65.5 Å². The smallest absolute Gasteiger partial charge is 0.230 e. The van der Waals surface area contributed by atoms with Crippen LogP contribution in [0.15, 0.2) is 46.9 Å². The van der Waals surface area contributed by atoms with Gasteiger partial charge in [0.15, 0.2) is 11.3 Å². The maximum atomic E-state index is 12.5. The zero-order valence-electron chi connectivity index (χ0n) is 11.2. The molecule has 0 saturated carbocycles. The SMILES string of the molecule is COc1cccc(C(=O)c2cc3cccc(Cl)c3o2)c1N. The largest absolute Gasteiger partial charge is 0.495 e. The zero-order valence-corrected chi connectivity index (χ0v) is 12.0. The van der Waals surface area contributed by atoms with Crippen LogP contribution in [0.1, 0.15) is 16.1 Å². The summed E-state index contributed by atoms with van der Waals surface area (Å²) in [5.74, 6) is 0.340. The van der Waals surface area contributed by atoms with E-state index in [1.807, 2.05) is 6.07 Å². The molecule has 2 aromatic carbocycles. The van der Waals surface area contributed by atoms with Gasteiger partial charge >= 0.3 is 0 Å². The molecule has 0 bridgehead atoms. The molecule has 0 amide bonds. The Kier molecular flexibility index (Phi) is 3.31. The second kappa shape index (κ2) is 5.14. The zero-order chi connectivity index (χ0) is 15.0. The van der Waals surface area contributed by atoms with Crippen LogP contribution in [-0.2, 0) is 0 Å². The van der Waals surface area contributed by atoms with Gasteiger partial charge < -0.3 is 14.9 Å². The highest BCUT2D eigenvalue weighted by molar-refractivity contribution is 6.35. The number of benzene rings is 2. The summed E-state index contributed by atoms with van der Waals surface area (Å²) in [6.45, 7) is 0. The molecule has 0 aliphatic heterocycles. The van der Waals surface area contributed by atoms with Gasteiger partial charge in [0.25, 0.3) is 0 Å². The van der Waals surface area contributed by atoms with Crippen molar-refractivity contribution >= 4 is 34.0 Å². The van der Waals surface area contributed by atoms with Gasteiger partial charge in [0.1, 0.15) is 5.75 Å². The van der Waals surface area contributed by atoms with Crippen LogP contribution in [-0.4, -0.2) is 12.9 Å². The highest BCUT2D eigenvalue weighted by atomic mass is 35.5. The molecule has 4 nitrogen and oxygen atoms in total. The van der Waals surface area contributed by atoms with Gasteiger partial charge in [-0.15, -0.1) is 0 Å². The van der Waals surface area contributed by atoms with Crippen molar-refractivity contribution in [1.82, 2.24) is 0 Å². The molecule has 106 valence electrons. The predicted octanol–water partition coefficient (Wildman–Crippen LogP) is 3.91. The van der Waals surface area contributed by atoms with Gasteiger partial charge in [0.2, 0.25) is 5.78 Å². The number of rotatable bonds is 3. The van der Waals surface area contributed by atoms with E-state index in [2.05, 4.69) is 0 Å². The fraction of sp³-hybridized carbons (Fsp3) is 0.0625. The lowest BCUT2D eigenvalue weighted by Crippen LogP contribution is -2.05. The number of ketones is 1. The van der Waals surface area contributed by atoms with E-state index in [4.69, 9.17) is 26.5 Å². The summed E-state index contributed by atoms with van der Waals surface area (Å²) < 4.78 is 10.7. The van der Waals surface area contributed by atoms with Crippen LogP contribution < -0.4 is 10.5 Å². The average Bonchev–Trinajstić information content (AvgIpc) is 2.92. The minimum atomic E-state index is -0.307. The standard InChI is InChI=1S/C16H12ClNO3/c1-20-12-7-3-5-10(14(12)18)15(19)13-8-9-4-2-6-11(17)16(9)21-13/h2-8H,18H2,1H3. The van der Waals surface area contributed by atoms with Crippen LogP contribution in [0.5, 0.6) is 5.75 Å². The molecule has 3 rings (SSSR count). The summed E-state index contributed by atoms with van der Waals surface area (Å²) in [5.41, 5.74) is 7.06. The number of halogens is 1. The number of hydrogen-bond donors (Lipinski definition) is 1. The lowest BCUT2D eigenvalue weighted by atomic mass is 10.1. The second-order valence-electron chi connectivity index (χ2n) is 4.52. The van der Waals surface area contributed by atoms with Gasteiger partial charge in [-0.25, -0.2) is 0 Å². The molecule has 5 heteroatoms. The van der Waals surface area contributed by atoms with Crippen molar-refractivity contribution < 1.29 is 13.9 Å². The molecule has 0 unspecified atom stereocenters. The third kappa shape index (κ3) is 2.23. The van der Waals surface area contributed by atoms with E-state index in [1.165, 1.54) is 7.11 Å². The number of hydrogen-bond acceptors (Lipinski definition) is 4. The normalized spacial score (nSPS) is 10.8. The Bertz CT molecular complexity index is 839. The summed E-state index contributed by atoms with van der Waals surface area (Å²) in [6, 6.07) is 12.0. The number of nitrogens with two attached hydrogens (primary N) is 1. The fourth-order valence-corrected chi connectivity index (χ4v) is 2.41. The third-order valence-electron chi connectivity index (χ3n) is 3.25. The highest BCUT2D eigenvalue weighted by Gasteiger charge is 2.19. The molecular weight excluding hydrogens is 290 g/mol.